The van der Waals surface area contributed by atoms with Gasteiger partial charge in [0.05, 0.1) is 6.42 Å². The molecule has 1 aromatic carbocycles. The molecule has 0 aliphatic carbocycles. The number of hydrogen-bond donors (Lipinski definition) is 0. The molecule has 0 spiro atoms. The van der Waals surface area contributed by atoms with Crippen LogP contribution in [0.1, 0.15) is 20.3 Å². The smallest absolute Gasteiger partial charge is 0.425 e. The van der Waals surface area contributed by atoms with E-state index < -0.39 is 42.5 Å². The summed E-state index contributed by atoms with van der Waals surface area (Å²) < 4.78 is 88.7. The fraction of sp³-hybridized carbons (Fsp3) is 0.375. The Morgan fingerprint density at radius 1 is 1.05 bits per heavy atom. The van der Waals surface area contributed by atoms with Gasteiger partial charge in [0, 0.05) is 26.2 Å². The molecule has 206 valence electrons. The van der Waals surface area contributed by atoms with Gasteiger partial charge in [-0.2, -0.15) is 18.2 Å². The van der Waals surface area contributed by atoms with Crippen LogP contribution in [0.25, 0.3) is 11.2 Å². The maximum absolute atomic E-state index is 13.2. The average molecular weight is 546 g/mol. The Morgan fingerprint density at radius 2 is 1.74 bits per heavy atom. The van der Waals surface area contributed by atoms with Crippen molar-refractivity contribution < 1.29 is 35.8 Å². The molecule has 3 aromatic rings. The number of alkyl halides is 6. The Kier molecular flexibility index (Phi) is 8.42. The largest absolute Gasteiger partial charge is 0.573 e. The first-order valence-electron chi connectivity index (χ1n) is 11.3. The van der Waals surface area contributed by atoms with Gasteiger partial charge in [-0.25, -0.2) is 4.79 Å². The van der Waals surface area contributed by atoms with Crippen molar-refractivity contribution in [2.45, 2.75) is 45.9 Å². The van der Waals surface area contributed by atoms with Gasteiger partial charge in [0.2, 0.25) is 0 Å². The number of nitrogens with zero attached hydrogens (tertiary/aromatic N) is 4. The second kappa shape index (κ2) is 11.2. The monoisotopic (exact) mass is 546 g/mol. The van der Waals surface area contributed by atoms with Crippen LogP contribution in [-0.4, -0.2) is 31.2 Å². The topological polar surface area (TPSA) is 80.3 Å². The Bertz CT molecular complexity index is 1460. The van der Waals surface area contributed by atoms with E-state index in [-0.39, 0.29) is 35.4 Å². The highest BCUT2D eigenvalue weighted by molar-refractivity contribution is 5.72. The standard InChI is InChI=1S/C24H24F6N4O4/c1-4-5-6-8-15(2)14-34-18-19(32(3)22(36)33(20(18)35)12-11-23(25,26)27)31-21(34)37-16-9-7-10-17(13-16)38-24(28,29)30/h4-10,13,15H,11-12,14H2,1-3H3/b5-4-,8-6-. The van der Waals surface area contributed by atoms with E-state index in [1.54, 1.807) is 31.2 Å². The van der Waals surface area contributed by atoms with Crippen LogP contribution >= 0.6 is 0 Å². The first kappa shape index (κ1) is 28.6. The number of aryl methyl sites for hydroxylation is 1. The van der Waals surface area contributed by atoms with Crippen molar-refractivity contribution in [3.8, 4) is 17.5 Å². The number of halogens is 6. The minimum Gasteiger partial charge on any atom is -0.425 e. The van der Waals surface area contributed by atoms with Crippen LogP contribution in [0.5, 0.6) is 17.5 Å². The summed E-state index contributed by atoms with van der Waals surface area (Å²) in [6.07, 6.45) is -3.87. The zero-order valence-corrected chi connectivity index (χ0v) is 20.5. The van der Waals surface area contributed by atoms with Crippen molar-refractivity contribution in [2.24, 2.45) is 13.0 Å². The Morgan fingerprint density at radius 3 is 2.37 bits per heavy atom. The van der Waals surface area contributed by atoms with E-state index in [1.165, 1.54) is 23.7 Å². The van der Waals surface area contributed by atoms with Crippen LogP contribution in [0.3, 0.4) is 0 Å². The third kappa shape index (κ3) is 7.07. The Hall–Kier alpha value is -3.97. The third-order valence-corrected chi connectivity index (χ3v) is 5.28. The predicted molar refractivity (Wildman–Crippen MR) is 126 cm³/mol. The average Bonchev–Trinajstić information content (AvgIpc) is 3.14. The normalized spacial score (nSPS) is 13.6. The Labute approximate surface area is 212 Å². The lowest BCUT2D eigenvalue weighted by atomic mass is 10.1. The molecule has 3 rings (SSSR count). The number of hydrogen-bond acceptors (Lipinski definition) is 5. The minimum atomic E-state index is -4.94. The summed E-state index contributed by atoms with van der Waals surface area (Å²) in [6.45, 7) is 2.74. The summed E-state index contributed by atoms with van der Waals surface area (Å²) in [5.41, 5.74) is -2.37. The molecule has 0 fully saturated rings. The molecule has 0 radical (unpaired) electrons. The second-order valence-corrected chi connectivity index (χ2v) is 8.35. The van der Waals surface area contributed by atoms with E-state index in [9.17, 15) is 35.9 Å². The maximum Gasteiger partial charge on any atom is 0.573 e. The van der Waals surface area contributed by atoms with Crippen LogP contribution in [0.2, 0.25) is 0 Å². The molecule has 2 aromatic heterocycles. The number of rotatable bonds is 9. The van der Waals surface area contributed by atoms with E-state index in [0.29, 0.717) is 4.57 Å². The summed E-state index contributed by atoms with van der Waals surface area (Å²) in [5, 5.41) is 0. The number of imidazole rings is 1. The van der Waals surface area contributed by atoms with Gasteiger partial charge in [-0.3, -0.25) is 18.5 Å². The summed E-state index contributed by atoms with van der Waals surface area (Å²) in [6, 6.07) is 4.32. The highest BCUT2D eigenvalue weighted by Gasteiger charge is 2.31. The van der Waals surface area contributed by atoms with E-state index in [1.807, 2.05) is 6.92 Å². The molecule has 0 aliphatic rings. The van der Waals surface area contributed by atoms with Gasteiger partial charge >= 0.3 is 24.2 Å². The molecular formula is C24H24F6N4O4. The van der Waals surface area contributed by atoms with E-state index in [4.69, 9.17) is 4.74 Å². The molecule has 0 N–H and O–H groups in total. The van der Waals surface area contributed by atoms with Crippen molar-refractivity contribution in [1.82, 2.24) is 18.7 Å². The van der Waals surface area contributed by atoms with Crippen molar-refractivity contribution >= 4 is 11.2 Å². The fourth-order valence-corrected chi connectivity index (χ4v) is 3.59. The van der Waals surface area contributed by atoms with Gasteiger partial charge in [-0.05, 0) is 25.0 Å². The van der Waals surface area contributed by atoms with Crippen LogP contribution in [0.4, 0.5) is 26.3 Å². The molecule has 8 nitrogen and oxygen atoms in total. The summed E-state index contributed by atoms with van der Waals surface area (Å²) in [5.74, 6) is -0.948. The van der Waals surface area contributed by atoms with Gasteiger partial charge in [0.15, 0.2) is 11.2 Å². The molecule has 1 unspecified atom stereocenters. The van der Waals surface area contributed by atoms with Crippen LogP contribution in [0, 0.1) is 5.92 Å². The zero-order valence-electron chi connectivity index (χ0n) is 20.5. The fourth-order valence-electron chi connectivity index (χ4n) is 3.59. The van der Waals surface area contributed by atoms with Crippen LogP contribution < -0.4 is 20.7 Å². The van der Waals surface area contributed by atoms with Gasteiger partial charge in [0.25, 0.3) is 5.56 Å². The first-order chi connectivity index (χ1) is 17.7. The molecule has 2 heterocycles. The highest BCUT2D eigenvalue weighted by Crippen LogP contribution is 2.30. The lowest BCUT2D eigenvalue weighted by Crippen LogP contribution is -2.40. The van der Waals surface area contributed by atoms with Gasteiger partial charge in [-0.15, -0.1) is 13.2 Å². The first-order valence-corrected chi connectivity index (χ1v) is 11.3. The molecule has 38 heavy (non-hydrogen) atoms. The predicted octanol–water partition coefficient (Wildman–Crippen LogP) is 5.31. The SMILES string of the molecule is C/C=C\C=C/C(C)Cn1c(Oc2cccc(OC(F)(F)F)c2)nc2c1c(=O)n(CCC(F)(F)F)c(=O)n2C. The highest BCUT2D eigenvalue weighted by atomic mass is 19.4. The van der Waals surface area contributed by atoms with Crippen molar-refractivity contribution in [3.63, 3.8) is 0 Å². The quantitative estimate of drug-likeness (QED) is 0.269. The lowest BCUT2D eigenvalue weighted by molar-refractivity contribution is -0.274. The minimum absolute atomic E-state index is 0.0470. The van der Waals surface area contributed by atoms with E-state index in [2.05, 4.69) is 9.72 Å². The van der Waals surface area contributed by atoms with Crippen molar-refractivity contribution in [1.29, 1.82) is 0 Å². The molecule has 0 saturated heterocycles. The molecular weight excluding hydrogens is 522 g/mol. The number of fused-ring (bicyclic) bond motifs is 1. The van der Waals surface area contributed by atoms with Gasteiger partial charge in [-0.1, -0.05) is 37.3 Å². The number of allylic oxidation sites excluding steroid dienone is 4. The molecule has 0 bridgehead atoms. The maximum atomic E-state index is 13.2. The van der Waals surface area contributed by atoms with Crippen LogP contribution in [-0.2, 0) is 20.1 Å². The summed E-state index contributed by atoms with van der Waals surface area (Å²) in [7, 11) is 1.24. The summed E-state index contributed by atoms with van der Waals surface area (Å²) >= 11 is 0. The molecule has 0 amide bonds. The lowest BCUT2D eigenvalue weighted by Gasteiger charge is -2.14. The second-order valence-electron chi connectivity index (χ2n) is 8.35. The molecule has 1 atom stereocenters. The van der Waals surface area contributed by atoms with E-state index >= 15 is 0 Å². The molecule has 14 heteroatoms. The number of aromatic nitrogens is 4. The molecule has 0 saturated carbocycles. The third-order valence-electron chi connectivity index (χ3n) is 5.28. The van der Waals surface area contributed by atoms with Gasteiger partial charge < -0.3 is 9.47 Å². The zero-order chi connectivity index (χ0) is 28.3. The molecule has 0 aliphatic heterocycles. The Balaban J connectivity index is 2.16. The van der Waals surface area contributed by atoms with Crippen molar-refractivity contribution in [3.05, 3.63) is 69.4 Å². The van der Waals surface area contributed by atoms with E-state index in [0.717, 1.165) is 16.7 Å². The van der Waals surface area contributed by atoms with Crippen molar-refractivity contribution in [2.75, 3.05) is 0 Å². The number of ether oxygens (including phenoxy) is 2. The summed E-state index contributed by atoms with van der Waals surface area (Å²) in [4.78, 5) is 30.1. The van der Waals surface area contributed by atoms with Gasteiger partial charge in [0.1, 0.15) is 11.5 Å². The number of benzene rings is 1. The van der Waals surface area contributed by atoms with Crippen LogP contribution in [0.15, 0.2) is 58.2 Å².